The second kappa shape index (κ2) is 7.75. The number of methoxy groups -OCH3 is 1. The van der Waals surface area contributed by atoms with Crippen LogP contribution in [0.4, 0.5) is 0 Å². The molecule has 0 amide bonds. The van der Waals surface area contributed by atoms with E-state index in [1.54, 1.807) is 11.8 Å². The molecule has 0 radical (unpaired) electrons. The van der Waals surface area contributed by atoms with Crippen LogP contribution in [0, 0.1) is 0 Å². The zero-order valence-electron chi connectivity index (χ0n) is 11.5. The highest BCUT2D eigenvalue weighted by atomic mass is 32.2. The van der Waals surface area contributed by atoms with Crippen LogP contribution in [0.1, 0.15) is 11.1 Å². The molecule has 0 N–H and O–H groups in total. The van der Waals surface area contributed by atoms with Crippen molar-refractivity contribution in [2.45, 2.75) is 17.4 Å². The standard InChI is InChI=1S/C17H18O2S/c1-19-17(18)16(12-14-8-4-2-5-9-14)20-13-15-10-6-3-7-11-15/h2-11,16H,12-13H2,1H3. The molecule has 1 atom stereocenters. The number of thioether (sulfide) groups is 1. The Hall–Kier alpha value is -1.74. The average Bonchev–Trinajstić information content (AvgIpc) is 2.52. The van der Waals surface area contributed by atoms with Gasteiger partial charge in [-0.05, 0) is 17.5 Å². The molecule has 104 valence electrons. The molecule has 0 bridgehead atoms. The van der Waals surface area contributed by atoms with Crippen molar-refractivity contribution in [3.05, 3.63) is 71.8 Å². The minimum Gasteiger partial charge on any atom is -0.468 e. The minimum atomic E-state index is -0.164. The second-order valence-electron chi connectivity index (χ2n) is 4.50. The first-order valence-corrected chi connectivity index (χ1v) is 7.62. The van der Waals surface area contributed by atoms with Gasteiger partial charge in [0, 0.05) is 5.75 Å². The number of hydrogen-bond acceptors (Lipinski definition) is 3. The Balaban J connectivity index is 1.99. The topological polar surface area (TPSA) is 26.3 Å². The molecule has 0 spiro atoms. The Kier molecular flexibility index (Phi) is 5.69. The van der Waals surface area contributed by atoms with E-state index < -0.39 is 0 Å². The third-order valence-corrected chi connectivity index (χ3v) is 4.28. The lowest BCUT2D eigenvalue weighted by Crippen LogP contribution is -2.21. The van der Waals surface area contributed by atoms with Gasteiger partial charge in [-0.2, -0.15) is 0 Å². The summed E-state index contributed by atoms with van der Waals surface area (Å²) in [6, 6.07) is 20.2. The molecular formula is C17H18O2S. The molecule has 0 saturated carbocycles. The molecular weight excluding hydrogens is 268 g/mol. The summed E-state index contributed by atoms with van der Waals surface area (Å²) in [7, 11) is 1.45. The smallest absolute Gasteiger partial charge is 0.319 e. The predicted octanol–water partition coefficient (Wildman–Crippen LogP) is 3.70. The predicted molar refractivity (Wildman–Crippen MR) is 83.7 cm³/mol. The van der Waals surface area contributed by atoms with Crippen LogP contribution in [0.5, 0.6) is 0 Å². The maximum absolute atomic E-state index is 11.9. The zero-order valence-corrected chi connectivity index (χ0v) is 12.3. The van der Waals surface area contributed by atoms with Crippen molar-refractivity contribution in [3.63, 3.8) is 0 Å². The van der Waals surface area contributed by atoms with Crippen LogP contribution in [-0.2, 0) is 21.7 Å². The molecule has 0 aliphatic heterocycles. The summed E-state index contributed by atoms with van der Waals surface area (Å²) in [6.45, 7) is 0. The van der Waals surface area contributed by atoms with E-state index >= 15 is 0 Å². The van der Waals surface area contributed by atoms with Gasteiger partial charge in [-0.1, -0.05) is 60.7 Å². The molecule has 2 aromatic rings. The third kappa shape index (κ3) is 4.42. The molecule has 0 aromatic heterocycles. The van der Waals surface area contributed by atoms with Gasteiger partial charge in [0.15, 0.2) is 0 Å². The Morgan fingerprint density at radius 2 is 1.55 bits per heavy atom. The Labute approximate surface area is 124 Å². The van der Waals surface area contributed by atoms with E-state index in [0.717, 1.165) is 11.3 Å². The fourth-order valence-corrected chi connectivity index (χ4v) is 3.07. The lowest BCUT2D eigenvalue weighted by Gasteiger charge is -2.14. The summed E-state index contributed by atoms with van der Waals surface area (Å²) < 4.78 is 4.91. The van der Waals surface area contributed by atoms with Gasteiger partial charge in [-0.25, -0.2) is 0 Å². The maximum Gasteiger partial charge on any atom is 0.319 e. The van der Waals surface area contributed by atoms with E-state index in [-0.39, 0.29) is 11.2 Å². The number of esters is 1. The first-order valence-electron chi connectivity index (χ1n) is 6.57. The first kappa shape index (κ1) is 14.7. The van der Waals surface area contributed by atoms with E-state index in [4.69, 9.17) is 4.74 Å². The van der Waals surface area contributed by atoms with Crippen LogP contribution in [0.15, 0.2) is 60.7 Å². The van der Waals surface area contributed by atoms with E-state index in [9.17, 15) is 4.79 Å². The van der Waals surface area contributed by atoms with Gasteiger partial charge in [0.1, 0.15) is 5.25 Å². The SMILES string of the molecule is COC(=O)C(Cc1ccccc1)SCc1ccccc1. The highest BCUT2D eigenvalue weighted by molar-refractivity contribution is 7.99. The van der Waals surface area contributed by atoms with Crippen molar-refractivity contribution in [2.75, 3.05) is 7.11 Å². The summed E-state index contributed by atoms with van der Waals surface area (Å²) in [5.41, 5.74) is 2.38. The number of ether oxygens (including phenoxy) is 1. The van der Waals surface area contributed by atoms with Crippen LogP contribution < -0.4 is 0 Å². The first-order chi connectivity index (χ1) is 9.79. The highest BCUT2D eigenvalue weighted by Crippen LogP contribution is 2.22. The van der Waals surface area contributed by atoms with Crippen molar-refractivity contribution >= 4 is 17.7 Å². The summed E-state index contributed by atoms with van der Waals surface area (Å²) >= 11 is 1.63. The van der Waals surface area contributed by atoms with Crippen molar-refractivity contribution in [1.29, 1.82) is 0 Å². The molecule has 0 heterocycles. The zero-order chi connectivity index (χ0) is 14.2. The van der Waals surface area contributed by atoms with E-state index in [1.807, 2.05) is 48.5 Å². The van der Waals surface area contributed by atoms with Crippen molar-refractivity contribution in [3.8, 4) is 0 Å². The van der Waals surface area contributed by atoms with Gasteiger partial charge >= 0.3 is 5.97 Å². The summed E-state index contributed by atoms with van der Waals surface area (Å²) in [4.78, 5) is 11.9. The van der Waals surface area contributed by atoms with Gasteiger partial charge in [0.05, 0.1) is 7.11 Å². The van der Waals surface area contributed by atoms with Crippen LogP contribution in [-0.4, -0.2) is 18.3 Å². The van der Waals surface area contributed by atoms with E-state index in [1.165, 1.54) is 12.7 Å². The van der Waals surface area contributed by atoms with Gasteiger partial charge in [-0.3, -0.25) is 4.79 Å². The van der Waals surface area contributed by atoms with E-state index in [0.29, 0.717) is 6.42 Å². The molecule has 1 unspecified atom stereocenters. The minimum absolute atomic E-state index is 0.158. The average molecular weight is 286 g/mol. The van der Waals surface area contributed by atoms with Crippen molar-refractivity contribution in [1.82, 2.24) is 0 Å². The molecule has 2 nitrogen and oxygen atoms in total. The molecule has 3 heteroatoms. The molecule has 0 fully saturated rings. The number of benzene rings is 2. The lowest BCUT2D eigenvalue weighted by atomic mass is 10.1. The van der Waals surface area contributed by atoms with E-state index in [2.05, 4.69) is 12.1 Å². The molecule has 2 aromatic carbocycles. The molecule has 20 heavy (non-hydrogen) atoms. The number of carbonyl (C=O) groups excluding carboxylic acids is 1. The Bertz CT molecular complexity index is 525. The molecule has 0 aliphatic carbocycles. The van der Waals surface area contributed by atoms with Gasteiger partial charge in [-0.15, -0.1) is 11.8 Å². The third-order valence-electron chi connectivity index (χ3n) is 3.02. The molecule has 0 saturated heterocycles. The van der Waals surface area contributed by atoms with Gasteiger partial charge in [0.2, 0.25) is 0 Å². The Morgan fingerprint density at radius 3 is 2.10 bits per heavy atom. The van der Waals surface area contributed by atoms with Crippen molar-refractivity contribution < 1.29 is 9.53 Å². The summed E-state index contributed by atoms with van der Waals surface area (Å²) in [6.07, 6.45) is 0.699. The normalized spacial score (nSPS) is 11.8. The second-order valence-corrected chi connectivity index (χ2v) is 5.69. The van der Waals surface area contributed by atoms with Crippen LogP contribution in [0.2, 0.25) is 0 Å². The monoisotopic (exact) mass is 286 g/mol. The van der Waals surface area contributed by atoms with Crippen LogP contribution in [0.25, 0.3) is 0 Å². The number of carbonyl (C=O) groups is 1. The fraction of sp³-hybridized carbons (Fsp3) is 0.235. The van der Waals surface area contributed by atoms with Gasteiger partial charge < -0.3 is 4.74 Å². The van der Waals surface area contributed by atoms with Crippen LogP contribution >= 0.6 is 11.8 Å². The quantitative estimate of drug-likeness (QED) is 0.757. The highest BCUT2D eigenvalue weighted by Gasteiger charge is 2.20. The summed E-state index contributed by atoms with van der Waals surface area (Å²) in [5.74, 6) is 0.655. The van der Waals surface area contributed by atoms with Crippen molar-refractivity contribution in [2.24, 2.45) is 0 Å². The molecule has 0 aliphatic rings. The fourth-order valence-electron chi connectivity index (χ4n) is 1.94. The lowest BCUT2D eigenvalue weighted by molar-refractivity contribution is -0.139. The molecule has 2 rings (SSSR count). The number of rotatable bonds is 6. The maximum atomic E-state index is 11.9. The van der Waals surface area contributed by atoms with Crippen LogP contribution in [0.3, 0.4) is 0 Å². The summed E-state index contributed by atoms with van der Waals surface area (Å²) in [5, 5.41) is -0.164. The van der Waals surface area contributed by atoms with Gasteiger partial charge in [0.25, 0.3) is 0 Å². The Morgan fingerprint density at radius 1 is 1.00 bits per heavy atom. The largest absolute Gasteiger partial charge is 0.468 e. The number of hydrogen-bond donors (Lipinski definition) is 0.